The minimum absolute atomic E-state index is 0.0100. The predicted molar refractivity (Wildman–Crippen MR) is 83.3 cm³/mol. The van der Waals surface area contributed by atoms with E-state index in [-0.39, 0.29) is 10.7 Å². The molecule has 1 amide bonds. The van der Waals surface area contributed by atoms with Gasteiger partial charge in [0.2, 0.25) is 0 Å². The van der Waals surface area contributed by atoms with Crippen LogP contribution in [0.5, 0.6) is 0 Å². The highest BCUT2D eigenvalue weighted by atomic mass is 79.9. The number of carbonyl (C=O) groups excluding carboxylic acids is 1. The Kier molecular flexibility index (Phi) is 5.09. The van der Waals surface area contributed by atoms with Crippen molar-refractivity contribution in [1.82, 2.24) is 9.88 Å². The summed E-state index contributed by atoms with van der Waals surface area (Å²) in [7, 11) is 3.44. The van der Waals surface area contributed by atoms with Crippen molar-refractivity contribution in [3.63, 3.8) is 0 Å². The average Bonchev–Trinajstić information content (AvgIpc) is 2.46. The summed E-state index contributed by atoms with van der Waals surface area (Å²) in [6.07, 6.45) is 1.67. The van der Waals surface area contributed by atoms with Crippen molar-refractivity contribution in [3.8, 4) is 0 Å². The van der Waals surface area contributed by atoms with Gasteiger partial charge < -0.3 is 9.64 Å². The number of alkyl halides is 1. The molecule has 0 aliphatic heterocycles. The van der Waals surface area contributed by atoms with Crippen molar-refractivity contribution in [2.45, 2.75) is 4.83 Å². The van der Waals surface area contributed by atoms with Crippen LogP contribution in [-0.4, -0.2) is 47.9 Å². The van der Waals surface area contributed by atoms with E-state index in [1.165, 1.54) is 0 Å². The van der Waals surface area contributed by atoms with E-state index < -0.39 is 0 Å². The Labute approximate surface area is 126 Å². The number of methoxy groups -OCH3 is 1. The summed E-state index contributed by atoms with van der Waals surface area (Å²) in [6, 6.07) is 9.43. The van der Waals surface area contributed by atoms with Gasteiger partial charge in [-0.2, -0.15) is 0 Å². The van der Waals surface area contributed by atoms with Gasteiger partial charge in [-0.1, -0.05) is 34.1 Å². The second-order valence-corrected chi connectivity index (χ2v) is 5.91. The Morgan fingerprint density at radius 3 is 2.90 bits per heavy atom. The molecular weight excluding hydrogens is 320 g/mol. The number of rotatable bonds is 5. The van der Waals surface area contributed by atoms with Gasteiger partial charge in [0.05, 0.1) is 22.5 Å². The van der Waals surface area contributed by atoms with Crippen LogP contribution in [0.2, 0.25) is 0 Å². The Bertz CT molecular complexity index is 598. The SMILES string of the molecule is COCC(Br)CN(C)C(=O)c1ccnc2ccccc12. The third kappa shape index (κ3) is 3.35. The van der Waals surface area contributed by atoms with E-state index in [2.05, 4.69) is 20.9 Å². The molecular formula is C15H17BrN2O2. The average molecular weight is 337 g/mol. The van der Waals surface area contributed by atoms with Crippen molar-refractivity contribution in [2.75, 3.05) is 27.3 Å². The molecule has 2 aromatic rings. The fraction of sp³-hybridized carbons (Fsp3) is 0.333. The maximum Gasteiger partial charge on any atom is 0.254 e. The Morgan fingerprint density at radius 1 is 1.40 bits per heavy atom. The van der Waals surface area contributed by atoms with Crippen LogP contribution >= 0.6 is 15.9 Å². The van der Waals surface area contributed by atoms with Gasteiger partial charge in [0.1, 0.15) is 0 Å². The fourth-order valence-electron chi connectivity index (χ4n) is 2.10. The fourth-order valence-corrected chi connectivity index (χ4v) is 2.80. The summed E-state index contributed by atoms with van der Waals surface area (Å²) in [6.45, 7) is 1.15. The Morgan fingerprint density at radius 2 is 2.15 bits per heavy atom. The van der Waals surface area contributed by atoms with Gasteiger partial charge in [-0.15, -0.1) is 0 Å². The topological polar surface area (TPSA) is 42.4 Å². The number of nitrogens with zero attached hydrogens (tertiary/aromatic N) is 2. The molecule has 0 bridgehead atoms. The number of ether oxygens (including phenoxy) is 1. The molecule has 0 N–H and O–H groups in total. The van der Waals surface area contributed by atoms with Crippen molar-refractivity contribution in [1.29, 1.82) is 0 Å². The van der Waals surface area contributed by atoms with Crippen molar-refractivity contribution in [2.24, 2.45) is 0 Å². The minimum atomic E-state index is -0.0100. The maximum atomic E-state index is 12.5. The maximum absolute atomic E-state index is 12.5. The molecule has 1 aromatic heterocycles. The first-order chi connectivity index (χ1) is 9.63. The van der Waals surface area contributed by atoms with E-state index in [0.717, 1.165) is 10.9 Å². The molecule has 1 aromatic carbocycles. The summed E-state index contributed by atoms with van der Waals surface area (Å²) in [5.41, 5.74) is 1.51. The van der Waals surface area contributed by atoms with Gasteiger partial charge in [-0.05, 0) is 12.1 Å². The second-order valence-electron chi connectivity index (χ2n) is 4.61. The lowest BCUT2D eigenvalue weighted by atomic mass is 10.1. The lowest BCUT2D eigenvalue weighted by Crippen LogP contribution is -2.33. The standard InChI is InChI=1S/C15H17BrN2O2/c1-18(9-11(16)10-20-2)15(19)13-7-8-17-14-6-4-3-5-12(13)14/h3-8,11H,9-10H2,1-2H3. The monoisotopic (exact) mass is 336 g/mol. The van der Waals surface area contributed by atoms with Crippen LogP contribution in [0, 0.1) is 0 Å². The quantitative estimate of drug-likeness (QED) is 0.788. The molecule has 106 valence electrons. The molecule has 5 heteroatoms. The number of aromatic nitrogens is 1. The summed E-state index contributed by atoms with van der Waals surface area (Å²) < 4.78 is 5.07. The third-order valence-electron chi connectivity index (χ3n) is 3.05. The smallest absolute Gasteiger partial charge is 0.254 e. The molecule has 4 nitrogen and oxygen atoms in total. The summed E-state index contributed by atoms with van der Waals surface area (Å²) in [5, 5.41) is 0.879. The van der Waals surface area contributed by atoms with Crippen LogP contribution in [0.4, 0.5) is 0 Å². The number of hydrogen-bond donors (Lipinski definition) is 0. The molecule has 0 radical (unpaired) electrons. The predicted octanol–water partition coefficient (Wildman–Crippen LogP) is 2.72. The van der Waals surface area contributed by atoms with Crippen LogP contribution < -0.4 is 0 Å². The summed E-state index contributed by atoms with van der Waals surface area (Å²) >= 11 is 3.50. The minimum Gasteiger partial charge on any atom is -0.383 e. The molecule has 1 heterocycles. The molecule has 0 aliphatic carbocycles. The molecule has 2 rings (SSSR count). The van der Waals surface area contributed by atoms with Gasteiger partial charge in [0.25, 0.3) is 5.91 Å². The van der Waals surface area contributed by atoms with Crippen LogP contribution in [0.1, 0.15) is 10.4 Å². The van der Waals surface area contributed by atoms with Crippen LogP contribution in [0.25, 0.3) is 10.9 Å². The summed E-state index contributed by atoms with van der Waals surface area (Å²) in [4.78, 5) is 18.6. The van der Waals surface area contributed by atoms with Crippen molar-refractivity contribution >= 4 is 32.7 Å². The first-order valence-electron chi connectivity index (χ1n) is 6.35. The van der Waals surface area contributed by atoms with E-state index in [1.54, 1.807) is 31.3 Å². The van der Waals surface area contributed by atoms with Gasteiger partial charge >= 0.3 is 0 Å². The van der Waals surface area contributed by atoms with Gasteiger partial charge in [-0.25, -0.2) is 0 Å². The van der Waals surface area contributed by atoms with E-state index >= 15 is 0 Å². The second kappa shape index (κ2) is 6.81. The first kappa shape index (κ1) is 14.9. The Balaban J connectivity index is 2.23. The van der Waals surface area contributed by atoms with Gasteiger partial charge in [-0.3, -0.25) is 9.78 Å². The zero-order chi connectivity index (χ0) is 14.5. The van der Waals surface area contributed by atoms with E-state index in [1.807, 2.05) is 24.3 Å². The third-order valence-corrected chi connectivity index (χ3v) is 3.60. The van der Waals surface area contributed by atoms with Crippen LogP contribution in [-0.2, 0) is 4.74 Å². The molecule has 0 spiro atoms. The Hall–Kier alpha value is -1.46. The lowest BCUT2D eigenvalue weighted by Gasteiger charge is -2.21. The van der Waals surface area contributed by atoms with Crippen LogP contribution in [0.3, 0.4) is 0 Å². The number of halogens is 1. The molecule has 1 unspecified atom stereocenters. The number of carbonyl (C=O) groups is 1. The molecule has 0 aliphatic rings. The highest BCUT2D eigenvalue weighted by Crippen LogP contribution is 2.18. The van der Waals surface area contributed by atoms with E-state index in [4.69, 9.17) is 4.74 Å². The van der Waals surface area contributed by atoms with Gasteiger partial charge in [0, 0.05) is 32.3 Å². The van der Waals surface area contributed by atoms with E-state index in [9.17, 15) is 4.79 Å². The highest BCUT2D eigenvalue weighted by Gasteiger charge is 2.17. The van der Waals surface area contributed by atoms with E-state index in [0.29, 0.717) is 18.7 Å². The zero-order valence-corrected chi connectivity index (χ0v) is 13.1. The molecule has 0 fully saturated rings. The number of pyridine rings is 1. The number of amides is 1. The molecule has 1 atom stereocenters. The molecule has 0 saturated heterocycles. The normalized spacial score (nSPS) is 12.3. The number of benzene rings is 1. The zero-order valence-electron chi connectivity index (χ0n) is 11.5. The molecule has 0 saturated carbocycles. The van der Waals surface area contributed by atoms with Gasteiger partial charge in [0.15, 0.2) is 0 Å². The van der Waals surface area contributed by atoms with Crippen LogP contribution in [0.15, 0.2) is 36.5 Å². The lowest BCUT2D eigenvalue weighted by molar-refractivity contribution is 0.0786. The van der Waals surface area contributed by atoms with Crippen molar-refractivity contribution < 1.29 is 9.53 Å². The van der Waals surface area contributed by atoms with Crippen molar-refractivity contribution in [3.05, 3.63) is 42.1 Å². The number of hydrogen-bond acceptors (Lipinski definition) is 3. The first-order valence-corrected chi connectivity index (χ1v) is 7.27. The molecule has 20 heavy (non-hydrogen) atoms. The number of para-hydroxylation sites is 1. The largest absolute Gasteiger partial charge is 0.383 e. The number of fused-ring (bicyclic) bond motifs is 1. The summed E-state index contributed by atoms with van der Waals surface area (Å²) in [5.74, 6) is -0.0100. The highest BCUT2D eigenvalue weighted by molar-refractivity contribution is 9.09.